The van der Waals surface area contributed by atoms with Crippen molar-refractivity contribution in [3.63, 3.8) is 0 Å². The standard InChI is InChI=1S/C5H13O6PSi/c1-5-12(6,7)11-13(8-2,9-3)10-4/h5H,1H2,2-4H3,(H,6,7). The largest absolute Gasteiger partial charge is 0.686 e. The van der Waals surface area contributed by atoms with Gasteiger partial charge in [-0.25, -0.2) is 0 Å². The highest BCUT2D eigenvalue weighted by atomic mass is 31.2. The highest BCUT2D eigenvalue weighted by Crippen LogP contribution is 2.46. The minimum absolute atomic E-state index is 0.784. The van der Waals surface area contributed by atoms with Crippen molar-refractivity contribution in [2.24, 2.45) is 0 Å². The molecule has 0 saturated heterocycles. The fourth-order valence-corrected chi connectivity index (χ4v) is 3.53. The molecular formula is C5H13O6PSi. The van der Waals surface area contributed by atoms with Crippen LogP contribution >= 0.6 is 7.60 Å². The van der Waals surface area contributed by atoms with Crippen LogP contribution in [0, 0.1) is 0 Å². The second kappa shape index (κ2) is 5.01. The van der Waals surface area contributed by atoms with Crippen LogP contribution in [-0.2, 0) is 22.1 Å². The van der Waals surface area contributed by atoms with Gasteiger partial charge in [-0.1, -0.05) is 6.58 Å². The van der Waals surface area contributed by atoms with E-state index in [0.717, 1.165) is 5.82 Å². The fraction of sp³-hybridized carbons (Fsp3) is 0.600. The Kier molecular flexibility index (Phi) is 5.01. The highest BCUT2D eigenvalue weighted by Gasteiger charge is 2.47. The van der Waals surface area contributed by atoms with E-state index in [0.29, 0.717) is 0 Å². The first-order valence-electron chi connectivity index (χ1n) is 3.27. The Morgan fingerprint density at radius 2 is 1.69 bits per heavy atom. The molecule has 0 aliphatic heterocycles. The van der Waals surface area contributed by atoms with Gasteiger partial charge in [-0.2, -0.15) is 0 Å². The lowest BCUT2D eigenvalue weighted by molar-refractivity contribution is 0.0482. The molecule has 0 amide bonds. The van der Waals surface area contributed by atoms with Crippen LogP contribution in [0.2, 0.25) is 0 Å². The summed E-state index contributed by atoms with van der Waals surface area (Å²) in [5.74, 6) is 0.784. The summed E-state index contributed by atoms with van der Waals surface area (Å²) in [7, 11) is -3.55. The van der Waals surface area contributed by atoms with Crippen molar-refractivity contribution in [2.75, 3.05) is 21.3 Å². The minimum atomic E-state index is -3.89. The second-order valence-electron chi connectivity index (χ2n) is 1.95. The lowest BCUT2D eigenvalue weighted by atomic mass is 11.3. The monoisotopic (exact) mass is 228 g/mol. The SMILES string of the molecule is C=CP(=O)(O)O[Si](OC)(OC)OC. The molecular weight excluding hydrogens is 215 g/mol. The van der Waals surface area contributed by atoms with Crippen LogP contribution in [0.25, 0.3) is 0 Å². The van der Waals surface area contributed by atoms with Crippen molar-refractivity contribution in [1.82, 2.24) is 0 Å². The van der Waals surface area contributed by atoms with Gasteiger partial charge in [0, 0.05) is 27.1 Å². The maximum absolute atomic E-state index is 11.1. The average Bonchev–Trinajstić information content (AvgIpc) is 2.14. The molecule has 8 heteroatoms. The molecule has 13 heavy (non-hydrogen) atoms. The second-order valence-corrected chi connectivity index (χ2v) is 6.40. The number of hydrogen-bond acceptors (Lipinski definition) is 5. The van der Waals surface area contributed by atoms with Crippen LogP contribution in [0.4, 0.5) is 0 Å². The number of rotatable bonds is 6. The zero-order chi connectivity index (χ0) is 10.5. The molecule has 0 aromatic heterocycles. The zero-order valence-electron chi connectivity index (χ0n) is 7.72. The van der Waals surface area contributed by atoms with Crippen molar-refractivity contribution < 1.29 is 26.9 Å². The van der Waals surface area contributed by atoms with E-state index in [9.17, 15) is 4.57 Å². The van der Waals surface area contributed by atoms with Gasteiger partial charge in [-0.15, -0.1) is 0 Å². The minimum Gasteiger partial charge on any atom is -0.354 e. The van der Waals surface area contributed by atoms with Gasteiger partial charge in [0.25, 0.3) is 0 Å². The Hall–Kier alpha value is -0.0131. The van der Waals surface area contributed by atoms with Gasteiger partial charge >= 0.3 is 16.6 Å². The summed E-state index contributed by atoms with van der Waals surface area (Å²) < 4.78 is 30.1. The molecule has 78 valence electrons. The lowest BCUT2D eigenvalue weighted by Gasteiger charge is -2.23. The first kappa shape index (κ1) is 13.0. The van der Waals surface area contributed by atoms with E-state index in [1.54, 1.807) is 0 Å². The van der Waals surface area contributed by atoms with Gasteiger partial charge in [0.2, 0.25) is 0 Å². The molecule has 6 nitrogen and oxygen atoms in total. The number of hydrogen-bond donors (Lipinski definition) is 1. The van der Waals surface area contributed by atoms with E-state index in [4.69, 9.17) is 18.2 Å². The molecule has 0 heterocycles. The van der Waals surface area contributed by atoms with Crippen LogP contribution in [0.1, 0.15) is 0 Å². The fourth-order valence-electron chi connectivity index (χ4n) is 0.559. The van der Waals surface area contributed by atoms with Crippen molar-refractivity contribution >= 4 is 16.6 Å². The third-order valence-corrected chi connectivity index (χ3v) is 5.13. The van der Waals surface area contributed by atoms with E-state index in [2.05, 4.69) is 10.8 Å². The van der Waals surface area contributed by atoms with Crippen LogP contribution in [0.3, 0.4) is 0 Å². The maximum Gasteiger partial charge on any atom is 0.686 e. The topological polar surface area (TPSA) is 74.2 Å². The third-order valence-electron chi connectivity index (χ3n) is 1.22. The molecule has 0 saturated carbocycles. The predicted molar refractivity (Wildman–Crippen MR) is 47.9 cm³/mol. The summed E-state index contributed by atoms with van der Waals surface area (Å²) in [6, 6.07) is 0. The molecule has 0 rings (SSSR count). The van der Waals surface area contributed by atoms with E-state index in [-0.39, 0.29) is 0 Å². The van der Waals surface area contributed by atoms with E-state index in [1.807, 2.05) is 0 Å². The Morgan fingerprint density at radius 3 is 1.92 bits per heavy atom. The Bertz CT molecular complexity index is 207. The molecule has 0 aliphatic carbocycles. The summed E-state index contributed by atoms with van der Waals surface area (Å²) in [5, 5.41) is 0. The highest BCUT2D eigenvalue weighted by molar-refractivity contribution is 7.57. The van der Waals surface area contributed by atoms with E-state index >= 15 is 0 Å². The zero-order valence-corrected chi connectivity index (χ0v) is 9.61. The van der Waals surface area contributed by atoms with Crippen molar-refractivity contribution in [1.29, 1.82) is 0 Å². The van der Waals surface area contributed by atoms with Gasteiger partial charge < -0.3 is 18.2 Å². The molecule has 0 aromatic carbocycles. The van der Waals surface area contributed by atoms with Gasteiger partial charge in [-0.05, 0) is 0 Å². The smallest absolute Gasteiger partial charge is 0.354 e. The van der Waals surface area contributed by atoms with Gasteiger partial charge in [0.15, 0.2) is 0 Å². The summed E-state index contributed by atoms with van der Waals surface area (Å²) in [6.07, 6.45) is 0. The molecule has 0 aliphatic rings. The average molecular weight is 228 g/mol. The maximum atomic E-state index is 11.1. The molecule has 0 radical (unpaired) electrons. The van der Waals surface area contributed by atoms with Gasteiger partial charge in [-0.3, -0.25) is 8.78 Å². The van der Waals surface area contributed by atoms with Crippen molar-refractivity contribution in [3.05, 3.63) is 12.4 Å². The Balaban J connectivity index is 4.60. The van der Waals surface area contributed by atoms with Gasteiger partial charge in [0.1, 0.15) is 0 Å². The van der Waals surface area contributed by atoms with Crippen LogP contribution < -0.4 is 0 Å². The van der Waals surface area contributed by atoms with Gasteiger partial charge in [0.05, 0.1) is 0 Å². The lowest BCUT2D eigenvalue weighted by Crippen LogP contribution is -2.45. The summed E-state index contributed by atoms with van der Waals surface area (Å²) in [5.41, 5.74) is 0. The molecule has 1 N–H and O–H groups in total. The van der Waals surface area contributed by atoms with Crippen LogP contribution in [0.5, 0.6) is 0 Å². The van der Waals surface area contributed by atoms with Crippen molar-refractivity contribution in [3.8, 4) is 0 Å². The summed E-state index contributed by atoms with van der Waals surface area (Å²) in [6.45, 7) is 3.14. The molecule has 0 aromatic rings. The first-order chi connectivity index (χ1) is 5.95. The molecule has 1 unspecified atom stereocenters. The Labute approximate surface area is 78.1 Å². The van der Waals surface area contributed by atoms with Crippen LogP contribution in [-0.4, -0.2) is 35.3 Å². The normalized spacial score (nSPS) is 16.6. The van der Waals surface area contributed by atoms with E-state index < -0.39 is 16.6 Å². The molecule has 0 spiro atoms. The third kappa shape index (κ3) is 3.70. The summed E-state index contributed by atoms with van der Waals surface area (Å²) >= 11 is 0. The molecule has 0 bridgehead atoms. The quantitative estimate of drug-likeness (QED) is 0.533. The first-order valence-corrected chi connectivity index (χ1v) is 6.55. The van der Waals surface area contributed by atoms with Crippen molar-refractivity contribution in [2.45, 2.75) is 0 Å². The molecule has 0 fully saturated rings. The van der Waals surface area contributed by atoms with Crippen LogP contribution in [0.15, 0.2) is 12.4 Å². The summed E-state index contributed by atoms with van der Waals surface area (Å²) in [4.78, 5) is 9.06. The predicted octanol–water partition coefficient (Wildman–Crippen LogP) is 0.707. The molecule has 1 atom stereocenters. The Morgan fingerprint density at radius 1 is 1.31 bits per heavy atom. The van der Waals surface area contributed by atoms with E-state index in [1.165, 1.54) is 21.3 Å².